The second-order valence-electron chi connectivity index (χ2n) is 5.23. The molecule has 0 unspecified atom stereocenters. The van der Waals surface area contributed by atoms with Crippen LogP contribution >= 0.6 is 0 Å². The van der Waals surface area contributed by atoms with E-state index in [2.05, 4.69) is 67.6 Å². The lowest BCUT2D eigenvalue weighted by molar-refractivity contribution is 1.12. The van der Waals surface area contributed by atoms with Crippen molar-refractivity contribution in [3.05, 3.63) is 88.7 Å². The van der Waals surface area contributed by atoms with Crippen molar-refractivity contribution >= 4 is 5.57 Å². The maximum Gasteiger partial charge on any atom is 0.0161 e. The third-order valence-corrected chi connectivity index (χ3v) is 3.93. The Labute approximate surface area is 120 Å². The van der Waals surface area contributed by atoms with Crippen molar-refractivity contribution in [2.45, 2.75) is 19.8 Å². The van der Waals surface area contributed by atoms with E-state index >= 15 is 0 Å². The zero-order chi connectivity index (χ0) is 13.9. The largest absolute Gasteiger partial charge is 0.402 e. The van der Waals surface area contributed by atoms with Gasteiger partial charge in [0.1, 0.15) is 0 Å². The third kappa shape index (κ3) is 2.27. The number of nitrogens with two attached hydrogens (primary N) is 1. The maximum atomic E-state index is 6.21. The maximum absolute atomic E-state index is 6.21. The zero-order valence-electron chi connectivity index (χ0n) is 11.8. The van der Waals surface area contributed by atoms with Gasteiger partial charge in [0.2, 0.25) is 0 Å². The second kappa shape index (κ2) is 5.38. The Hall–Kier alpha value is -2.28. The summed E-state index contributed by atoms with van der Waals surface area (Å²) in [7, 11) is 0. The van der Waals surface area contributed by atoms with E-state index < -0.39 is 0 Å². The Bertz CT molecular complexity index is 667. The van der Waals surface area contributed by atoms with Gasteiger partial charge in [0.25, 0.3) is 0 Å². The van der Waals surface area contributed by atoms with Gasteiger partial charge in [-0.05, 0) is 41.2 Å². The van der Waals surface area contributed by atoms with Crippen LogP contribution in [0.15, 0.2) is 83.1 Å². The van der Waals surface area contributed by atoms with Gasteiger partial charge in [-0.1, -0.05) is 60.7 Å². The van der Waals surface area contributed by atoms with E-state index in [1.807, 2.05) is 0 Å². The van der Waals surface area contributed by atoms with Crippen LogP contribution in [0.5, 0.6) is 0 Å². The first-order valence-corrected chi connectivity index (χ1v) is 7.05. The van der Waals surface area contributed by atoms with E-state index in [0.29, 0.717) is 0 Å². The van der Waals surface area contributed by atoms with Crippen molar-refractivity contribution in [3.63, 3.8) is 0 Å². The minimum atomic E-state index is 0.853. The molecule has 0 saturated heterocycles. The second-order valence-corrected chi connectivity index (χ2v) is 5.23. The molecule has 1 aromatic carbocycles. The minimum absolute atomic E-state index is 0.853. The average molecular weight is 261 g/mol. The van der Waals surface area contributed by atoms with Crippen molar-refractivity contribution < 1.29 is 0 Å². The van der Waals surface area contributed by atoms with E-state index in [0.717, 1.165) is 18.5 Å². The Morgan fingerprint density at radius 3 is 2.65 bits per heavy atom. The molecule has 2 aliphatic carbocycles. The number of allylic oxidation sites excluding steroid dienone is 9. The molecule has 0 amide bonds. The predicted molar refractivity (Wildman–Crippen MR) is 85.8 cm³/mol. The highest BCUT2D eigenvalue weighted by Gasteiger charge is 2.22. The van der Waals surface area contributed by atoms with Crippen molar-refractivity contribution in [2.24, 2.45) is 5.73 Å². The zero-order valence-corrected chi connectivity index (χ0v) is 11.8. The highest BCUT2D eigenvalue weighted by atomic mass is 14.6. The lowest BCUT2D eigenvalue weighted by Gasteiger charge is -2.11. The lowest BCUT2D eigenvalue weighted by atomic mass is 9.93. The summed E-state index contributed by atoms with van der Waals surface area (Å²) in [5, 5.41) is 0. The Kier molecular flexibility index (Phi) is 3.42. The van der Waals surface area contributed by atoms with Gasteiger partial charge in [-0.15, -0.1) is 0 Å². The van der Waals surface area contributed by atoms with Gasteiger partial charge >= 0.3 is 0 Å². The van der Waals surface area contributed by atoms with Gasteiger partial charge in [0, 0.05) is 12.1 Å². The molecule has 1 heteroatoms. The Morgan fingerprint density at radius 1 is 1.05 bits per heavy atom. The first kappa shape index (κ1) is 12.7. The monoisotopic (exact) mass is 261 g/mol. The molecular weight excluding hydrogens is 242 g/mol. The average Bonchev–Trinajstić information content (AvgIpc) is 2.68. The summed E-state index contributed by atoms with van der Waals surface area (Å²) in [4.78, 5) is 0. The summed E-state index contributed by atoms with van der Waals surface area (Å²) < 4.78 is 0. The van der Waals surface area contributed by atoms with E-state index in [9.17, 15) is 0 Å². The highest BCUT2D eigenvalue weighted by molar-refractivity contribution is 5.88. The summed E-state index contributed by atoms with van der Waals surface area (Å²) in [6.07, 6.45) is 12.7. The molecule has 0 aliphatic heterocycles. The van der Waals surface area contributed by atoms with E-state index in [-0.39, 0.29) is 0 Å². The molecule has 0 aromatic heterocycles. The van der Waals surface area contributed by atoms with Gasteiger partial charge in [-0.3, -0.25) is 0 Å². The summed E-state index contributed by atoms with van der Waals surface area (Å²) in [6, 6.07) is 10.5. The summed E-state index contributed by atoms with van der Waals surface area (Å²) in [5.41, 5.74) is 13.6. The van der Waals surface area contributed by atoms with Crippen molar-refractivity contribution in [3.8, 4) is 0 Å². The van der Waals surface area contributed by atoms with E-state index in [1.54, 1.807) is 0 Å². The molecule has 3 rings (SSSR count). The molecule has 0 saturated carbocycles. The van der Waals surface area contributed by atoms with Gasteiger partial charge in [-0.2, -0.15) is 0 Å². The van der Waals surface area contributed by atoms with Crippen molar-refractivity contribution in [1.29, 1.82) is 0 Å². The fraction of sp³-hybridized carbons (Fsp3) is 0.158. The molecule has 2 aliphatic rings. The molecule has 20 heavy (non-hydrogen) atoms. The van der Waals surface area contributed by atoms with Gasteiger partial charge < -0.3 is 5.73 Å². The molecule has 1 nitrogen and oxygen atoms in total. The molecular formula is C19H19N. The molecule has 1 aromatic rings. The number of hydrogen-bond acceptors (Lipinski definition) is 1. The third-order valence-electron chi connectivity index (χ3n) is 3.93. The van der Waals surface area contributed by atoms with E-state index in [4.69, 9.17) is 5.73 Å². The minimum Gasteiger partial charge on any atom is -0.402 e. The topological polar surface area (TPSA) is 26.0 Å². The SMILES string of the molecule is CC1=C(N)CC(C2=CCC=CC=C2)=C1c1ccccc1. The molecule has 0 spiro atoms. The molecule has 2 N–H and O–H groups in total. The number of rotatable bonds is 2. The smallest absolute Gasteiger partial charge is 0.0161 e. The van der Waals surface area contributed by atoms with Crippen LogP contribution < -0.4 is 5.73 Å². The van der Waals surface area contributed by atoms with Gasteiger partial charge in [0.05, 0.1) is 0 Å². The quantitative estimate of drug-likeness (QED) is 0.832. The summed E-state index contributed by atoms with van der Waals surface area (Å²) in [6.45, 7) is 2.13. The van der Waals surface area contributed by atoms with Gasteiger partial charge in [0.15, 0.2) is 0 Å². The Morgan fingerprint density at radius 2 is 1.85 bits per heavy atom. The fourth-order valence-electron chi connectivity index (χ4n) is 2.84. The first-order chi connectivity index (χ1) is 9.77. The van der Waals surface area contributed by atoms with Crippen LogP contribution in [0.2, 0.25) is 0 Å². The standard InChI is InChI=1S/C19H19N/c1-14-18(20)13-17(15-9-5-2-3-6-10-15)19(14)16-11-7-4-8-12-16/h2-5,7-12H,6,13,20H2,1H3. The van der Waals surface area contributed by atoms with Crippen LogP contribution in [-0.4, -0.2) is 0 Å². The summed E-state index contributed by atoms with van der Waals surface area (Å²) in [5.74, 6) is 0. The molecule has 100 valence electrons. The van der Waals surface area contributed by atoms with Crippen molar-refractivity contribution in [2.75, 3.05) is 0 Å². The predicted octanol–water partition coefficient (Wildman–Crippen LogP) is 4.52. The van der Waals surface area contributed by atoms with Crippen LogP contribution in [0.1, 0.15) is 25.3 Å². The van der Waals surface area contributed by atoms with Crippen LogP contribution in [0, 0.1) is 0 Å². The fourth-order valence-corrected chi connectivity index (χ4v) is 2.84. The number of benzene rings is 1. The van der Waals surface area contributed by atoms with Gasteiger partial charge in [-0.25, -0.2) is 0 Å². The van der Waals surface area contributed by atoms with Crippen LogP contribution in [-0.2, 0) is 0 Å². The molecule has 0 atom stereocenters. The number of hydrogen-bond donors (Lipinski definition) is 1. The van der Waals surface area contributed by atoms with Crippen molar-refractivity contribution in [1.82, 2.24) is 0 Å². The molecule has 0 radical (unpaired) electrons. The highest BCUT2D eigenvalue weighted by Crippen LogP contribution is 2.40. The van der Waals surface area contributed by atoms with E-state index in [1.165, 1.54) is 27.9 Å². The normalized spacial score (nSPS) is 18.6. The molecule has 0 bridgehead atoms. The lowest BCUT2D eigenvalue weighted by Crippen LogP contribution is -1.96. The molecule has 0 fully saturated rings. The first-order valence-electron chi connectivity index (χ1n) is 7.05. The van der Waals surface area contributed by atoms with Crippen LogP contribution in [0.25, 0.3) is 5.57 Å². The summed E-state index contributed by atoms with van der Waals surface area (Å²) >= 11 is 0. The molecule has 0 heterocycles. The van der Waals surface area contributed by atoms with Crippen LogP contribution in [0.4, 0.5) is 0 Å². The Balaban J connectivity index is 2.12. The van der Waals surface area contributed by atoms with Crippen LogP contribution in [0.3, 0.4) is 0 Å².